The third-order valence-electron chi connectivity index (χ3n) is 4.90. The molecule has 24 heavy (non-hydrogen) atoms. The summed E-state index contributed by atoms with van der Waals surface area (Å²) in [6.07, 6.45) is 1.99. The van der Waals surface area contributed by atoms with E-state index in [0.717, 1.165) is 25.2 Å². The van der Waals surface area contributed by atoms with Crippen molar-refractivity contribution < 1.29 is 5.11 Å². The quantitative estimate of drug-likeness (QED) is 0.828. The zero-order chi connectivity index (χ0) is 17.1. The van der Waals surface area contributed by atoms with Crippen molar-refractivity contribution in [2.45, 2.75) is 32.0 Å². The molecule has 0 bridgehead atoms. The number of nitrogens with zero attached hydrogens (tertiary/aromatic N) is 2. The van der Waals surface area contributed by atoms with E-state index in [4.69, 9.17) is 0 Å². The molecule has 1 fully saturated rings. The highest BCUT2D eigenvalue weighted by molar-refractivity contribution is 7.08. The van der Waals surface area contributed by atoms with Gasteiger partial charge in [0.1, 0.15) is 5.75 Å². The summed E-state index contributed by atoms with van der Waals surface area (Å²) in [4.78, 5) is 5.06. The summed E-state index contributed by atoms with van der Waals surface area (Å²) >= 11 is 1.73. The van der Waals surface area contributed by atoms with E-state index >= 15 is 0 Å². The van der Waals surface area contributed by atoms with Crippen LogP contribution < -0.4 is 0 Å². The third-order valence-corrected chi connectivity index (χ3v) is 5.60. The van der Waals surface area contributed by atoms with Crippen LogP contribution in [-0.2, 0) is 0 Å². The molecule has 2 heterocycles. The van der Waals surface area contributed by atoms with Crippen molar-refractivity contribution in [1.82, 2.24) is 9.80 Å². The van der Waals surface area contributed by atoms with Crippen molar-refractivity contribution in [3.8, 4) is 5.75 Å². The van der Waals surface area contributed by atoms with Gasteiger partial charge in [0.25, 0.3) is 0 Å². The van der Waals surface area contributed by atoms with Crippen LogP contribution in [0, 0.1) is 0 Å². The average molecular weight is 343 g/mol. The Labute approximate surface area is 148 Å². The van der Waals surface area contributed by atoms with Gasteiger partial charge in [0.2, 0.25) is 0 Å². The fraction of sp³-hybridized carbons (Fsp3) is 0.400. The Bertz CT molecular complexity index is 670. The maximum atomic E-state index is 9.95. The number of phenols is 1. The van der Waals surface area contributed by atoms with Gasteiger partial charge in [-0.2, -0.15) is 11.3 Å². The second-order valence-electron chi connectivity index (χ2n) is 6.69. The maximum absolute atomic E-state index is 9.95. The van der Waals surface area contributed by atoms with Gasteiger partial charge in [-0.1, -0.05) is 18.2 Å². The van der Waals surface area contributed by atoms with E-state index in [1.165, 1.54) is 5.56 Å². The molecule has 1 saturated heterocycles. The molecule has 3 atom stereocenters. The Morgan fingerprint density at radius 1 is 1.25 bits per heavy atom. The molecule has 1 N–H and O–H groups in total. The lowest BCUT2D eigenvalue weighted by Gasteiger charge is -2.47. The van der Waals surface area contributed by atoms with Crippen LogP contribution in [0.4, 0.5) is 0 Å². The molecule has 2 aromatic rings. The minimum absolute atomic E-state index is 0.187. The molecule has 1 aliphatic rings. The van der Waals surface area contributed by atoms with Crippen molar-refractivity contribution in [3.05, 3.63) is 64.9 Å². The van der Waals surface area contributed by atoms with Crippen molar-refractivity contribution in [2.24, 2.45) is 0 Å². The van der Waals surface area contributed by atoms with Crippen molar-refractivity contribution in [2.75, 3.05) is 19.6 Å². The monoisotopic (exact) mass is 342 g/mol. The molecule has 1 aliphatic heterocycles. The van der Waals surface area contributed by atoms with Gasteiger partial charge in [0.15, 0.2) is 0 Å². The number of hydrogen-bond acceptors (Lipinski definition) is 4. The maximum Gasteiger partial charge on any atom is 0.115 e. The summed E-state index contributed by atoms with van der Waals surface area (Å²) < 4.78 is 0. The van der Waals surface area contributed by atoms with Crippen molar-refractivity contribution in [3.63, 3.8) is 0 Å². The number of rotatable bonds is 5. The van der Waals surface area contributed by atoms with E-state index in [0.29, 0.717) is 17.8 Å². The molecule has 0 amide bonds. The normalized spacial score (nSPS) is 23.9. The van der Waals surface area contributed by atoms with E-state index in [-0.39, 0.29) is 6.04 Å². The fourth-order valence-electron chi connectivity index (χ4n) is 3.71. The number of piperazine rings is 1. The number of thiophene rings is 1. The van der Waals surface area contributed by atoms with Gasteiger partial charge in [-0.3, -0.25) is 9.80 Å². The fourth-order valence-corrected chi connectivity index (χ4v) is 4.38. The van der Waals surface area contributed by atoms with E-state index in [2.05, 4.69) is 53.1 Å². The highest BCUT2D eigenvalue weighted by Gasteiger charge is 2.34. The molecule has 1 aromatic carbocycles. The highest BCUT2D eigenvalue weighted by atomic mass is 32.1. The lowest BCUT2D eigenvalue weighted by molar-refractivity contribution is 0.0307. The summed E-state index contributed by atoms with van der Waals surface area (Å²) in [6.45, 7) is 11.4. The number of aromatic hydroxyl groups is 1. The Morgan fingerprint density at radius 3 is 2.75 bits per heavy atom. The topological polar surface area (TPSA) is 26.7 Å². The van der Waals surface area contributed by atoms with Crippen molar-refractivity contribution in [1.29, 1.82) is 0 Å². The molecule has 3 nitrogen and oxygen atoms in total. The molecule has 0 spiro atoms. The Hall–Kier alpha value is -1.62. The van der Waals surface area contributed by atoms with Crippen LogP contribution in [0.3, 0.4) is 0 Å². The molecule has 128 valence electrons. The predicted octanol–water partition coefficient (Wildman–Crippen LogP) is 4.12. The lowest BCUT2D eigenvalue weighted by atomic mass is 9.95. The van der Waals surface area contributed by atoms with Crippen LogP contribution in [0.25, 0.3) is 0 Å². The number of hydrogen-bond donors (Lipinski definition) is 1. The number of benzene rings is 1. The first-order valence-electron chi connectivity index (χ1n) is 8.52. The standard InChI is InChI=1S/C20H26N2OS/c1-4-9-21-12-16(3)22(13-15(21)2)20(18-8-10-24-14-18)17-6-5-7-19(23)11-17/h4-8,10-11,14-16,20,23H,1,9,12-13H2,2-3H3/t15-,16+,20-/m1/s1. The zero-order valence-corrected chi connectivity index (χ0v) is 15.2. The molecule has 3 rings (SSSR count). The number of phenolic OH excluding ortho intramolecular Hbond substituents is 1. The van der Waals surface area contributed by atoms with Gasteiger partial charge in [-0.25, -0.2) is 0 Å². The first kappa shape index (κ1) is 17.2. The van der Waals surface area contributed by atoms with Gasteiger partial charge in [0, 0.05) is 31.7 Å². The van der Waals surface area contributed by atoms with Crippen LogP contribution in [0.5, 0.6) is 5.75 Å². The van der Waals surface area contributed by atoms with E-state index in [1.54, 1.807) is 17.4 Å². The second-order valence-corrected chi connectivity index (χ2v) is 7.47. The molecular weight excluding hydrogens is 316 g/mol. The van der Waals surface area contributed by atoms with Crippen LogP contribution in [0.2, 0.25) is 0 Å². The van der Waals surface area contributed by atoms with Gasteiger partial charge < -0.3 is 5.11 Å². The molecule has 1 aromatic heterocycles. The van der Waals surface area contributed by atoms with Crippen LogP contribution in [0.15, 0.2) is 53.7 Å². The summed E-state index contributed by atoms with van der Waals surface area (Å²) in [7, 11) is 0. The molecule has 0 radical (unpaired) electrons. The average Bonchev–Trinajstić information content (AvgIpc) is 3.06. The smallest absolute Gasteiger partial charge is 0.115 e. The lowest BCUT2D eigenvalue weighted by Crippen LogP contribution is -2.57. The minimum atomic E-state index is 0.187. The van der Waals surface area contributed by atoms with Gasteiger partial charge in [-0.05, 0) is 53.9 Å². The summed E-state index contributed by atoms with van der Waals surface area (Å²) in [6, 6.07) is 11.0. The zero-order valence-electron chi connectivity index (χ0n) is 14.4. The summed E-state index contributed by atoms with van der Waals surface area (Å²) in [5.41, 5.74) is 2.46. The Morgan fingerprint density at radius 2 is 2.08 bits per heavy atom. The molecule has 4 heteroatoms. The Balaban J connectivity index is 1.93. The SMILES string of the molecule is C=CCN1C[C@H](C)N([C@@H](c2ccsc2)c2cccc(O)c2)C[C@H]1C. The van der Waals surface area contributed by atoms with Crippen LogP contribution in [-0.4, -0.2) is 46.6 Å². The van der Waals surface area contributed by atoms with Crippen molar-refractivity contribution >= 4 is 11.3 Å². The first-order valence-corrected chi connectivity index (χ1v) is 9.46. The van der Waals surface area contributed by atoms with Gasteiger partial charge in [-0.15, -0.1) is 6.58 Å². The van der Waals surface area contributed by atoms with E-state index in [9.17, 15) is 5.11 Å². The molecular formula is C20H26N2OS. The second kappa shape index (κ2) is 7.51. The molecule has 0 aliphatic carbocycles. The molecule has 0 unspecified atom stereocenters. The Kier molecular flexibility index (Phi) is 5.39. The van der Waals surface area contributed by atoms with E-state index < -0.39 is 0 Å². The first-order chi connectivity index (χ1) is 11.6. The van der Waals surface area contributed by atoms with Crippen LogP contribution in [0.1, 0.15) is 31.0 Å². The van der Waals surface area contributed by atoms with E-state index in [1.807, 2.05) is 18.2 Å². The highest BCUT2D eigenvalue weighted by Crippen LogP contribution is 2.35. The largest absolute Gasteiger partial charge is 0.508 e. The van der Waals surface area contributed by atoms with Gasteiger partial charge in [0.05, 0.1) is 6.04 Å². The minimum Gasteiger partial charge on any atom is -0.508 e. The van der Waals surface area contributed by atoms with Crippen LogP contribution >= 0.6 is 11.3 Å². The summed E-state index contributed by atoms with van der Waals surface area (Å²) in [5, 5.41) is 14.3. The molecule has 0 saturated carbocycles. The predicted molar refractivity (Wildman–Crippen MR) is 102 cm³/mol. The third kappa shape index (κ3) is 3.56. The summed E-state index contributed by atoms with van der Waals surface area (Å²) in [5.74, 6) is 0.332. The van der Waals surface area contributed by atoms with Gasteiger partial charge >= 0.3 is 0 Å².